The number of benzene rings is 1. The third-order valence-corrected chi connectivity index (χ3v) is 3.79. The number of nitrogens with zero attached hydrogens (tertiary/aromatic N) is 1. The lowest BCUT2D eigenvalue weighted by Gasteiger charge is -2.34. The monoisotopic (exact) mass is 307 g/mol. The van der Waals surface area contributed by atoms with Gasteiger partial charge in [-0.05, 0) is 50.5 Å². The minimum atomic E-state index is -0.954. The molecular weight excluding hydrogens is 286 g/mol. The van der Waals surface area contributed by atoms with Gasteiger partial charge in [0.15, 0.2) is 6.10 Å². The fraction of sp³-hybridized carbons (Fsp3) is 0.500. The van der Waals surface area contributed by atoms with Crippen molar-refractivity contribution in [3.63, 3.8) is 0 Å². The van der Waals surface area contributed by atoms with Crippen LogP contribution in [-0.4, -0.2) is 47.7 Å². The Morgan fingerprint density at radius 1 is 1.23 bits per heavy atom. The fourth-order valence-electron chi connectivity index (χ4n) is 2.59. The van der Waals surface area contributed by atoms with Crippen LogP contribution in [0.25, 0.3) is 0 Å². The second-order valence-electron chi connectivity index (χ2n) is 5.32. The third-order valence-electron chi connectivity index (χ3n) is 3.79. The van der Waals surface area contributed by atoms with Gasteiger partial charge >= 0.3 is 5.97 Å². The number of likely N-dealkylation sites (tertiary alicyclic amines) is 1. The van der Waals surface area contributed by atoms with Crippen LogP contribution >= 0.6 is 0 Å². The number of methoxy groups -OCH3 is 1. The van der Waals surface area contributed by atoms with Crippen LogP contribution in [0.2, 0.25) is 0 Å². The van der Waals surface area contributed by atoms with Crippen molar-refractivity contribution in [1.82, 2.24) is 4.90 Å². The molecule has 1 N–H and O–H groups in total. The summed E-state index contributed by atoms with van der Waals surface area (Å²) in [5.41, 5.74) is 0. The van der Waals surface area contributed by atoms with E-state index in [1.807, 2.05) is 0 Å². The molecule has 2 unspecified atom stereocenters. The van der Waals surface area contributed by atoms with Crippen LogP contribution in [0.15, 0.2) is 24.3 Å². The van der Waals surface area contributed by atoms with Gasteiger partial charge in [-0.15, -0.1) is 0 Å². The molecular formula is C16H21NO5. The van der Waals surface area contributed by atoms with E-state index in [1.54, 1.807) is 38.3 Å². The van der Waals surface area contributed by atoms with Gasteiger partial charge in [0.1, 0.15) is 17.5 Å². The maximum atomic E-state index is 12.5. The maximum absolute atomic E-state index is 12.5. The summed E-state index contributed by atoms with van der Waals surface area (Å²) in [4.78, 5) is 25.1. The molecule has 1 aliphatic heterocycles. The minimum Gasteiger partial charge on any atom is -0.497 e. The lowest BCUT2D eigenvalue weighted by molar-refractivity contribution is -0.155. The SMILES string of the molecule is COc1ccc(OC(C)C(=O)N2CCCCC2C(=O)O)cc1. The molecule has 2 atom stereocenters. The number of carboxylic acids is 1. The molecule has 120 valence electrons. The molecule has 22 heavy (non-hydrogen) atoms. The third kappa shape index (κ3) is 3.69. The number of aliphatic carboxylic acids is 1. The van der Waals surface area contributed by atoms with Crippen molar-refractivity contribution < 1.29 is 24.2 Å². The summed E-state index contributed by atoms with van der Waals surface area (Å²) in [6, 6.07) is 6.17. The van der Waals surface area contributed by atoms with E-state index >= 15 is 0 Å². The van der Waals surface area contributed by atoms with Gasteiger partial charge in [0.2, 0.25) is 0 Å². The van der Waals surface area contributed by atoms with Gasteiger partial charge in [-0.25, -0.2) is 4.79 Å². The zero-order valence-electron chi connectivity index (χ0n) is 12.8. The van der Waals surface area contributed by atoms with Gasteiger partial charge in [-0.2, -0.15) is 0 Å². The van der Waals surface area contributed by atoms with Gasteiger partial charge in [-0.1, -0.05) is 0 Å². The van der Waals surface area contributed by atoms with E-state index in [0.29, 0.717) is 24.5 Å². The Hall–Kier alpha value is -2.24. The molecule has 1 amide bonds. The predicted octanol–water partition coefficient (Wildman–Crippen LogP) is 1.93. The molecule has 1 saturated heterocycles. The zero-order valence-corrected chi connectivity index (χ0v) is 12.8. The number of hydrogen-bond acceptors (Lipinski definition) is 4. The molecule has 1 aliphatic rings. The number of ether oxygens (including phenoxy) is 2. The highest BCUT2D eigenvalue weighted by Gasteiger charge is 2.34. The van der Waals surface area contributed by atoms with Crippen LogP contribution in [0.3, 0.4) is 0 Å². The summed E-state index contributed by atoms with van der Waals surface area (Å²) < 4.78 is 10.7. The predicted molar refractivity (Wildman–Crippen MR) is 80.1 cm³/mol. The summed E-state index contributed by atoms with van der Waals surface area (Å²) in [6.07, 6.45) is 1.42. The van der Waals surface area contributed by atoms with Crippen molar-refractivity contribution in [2.75, 3.05) is 13.7 Å². The summed E-state index contributed by atoms with van der Waals surface area (Å²) in [5, 5.41) is 9.24. The van der Waals surface area contributed by atoms with E-state index in [-0.39, 0.29) is 5.91 Å². The normalized spacial score (nSPS) is 19.4. The largest absolute Gasteiger partial charge is 0.497 e. The number of rotatable bonds is 5. The number of hydrogen-bond donors (Lipinski definition) is 1. The Morgan fingerprint density at radius 3 is 2.45 bits per heavy atom. The number of carbonyl (C=O) groups is 2. The average Bonchev–Trinajstić information content (AvgIpc) is 2.54. The molecule has 0 bridgehead atoms. The lowest BCUT2D eigenvalue weighted by Crippen LogP contribution is -2.52. The molecule has 0 radical (unpaired) electrons. The van der Waals surface area contributed by atoms with Crippen LogP contribution in [0, 0.1) is 0 Å². The molecule has 0 spiro atoms. The Kier molecular flexibility index (Phi) is 5.25. The fourth-order valence-corrected chi connectivity index (χ4v) is 2.59. The first-order chi connectivity index (χ1) is 10.5. The second-order valence-corrected chi connectivity index (χ2v) is 5.32. The Bertz CT molecular complexity index is 528. The second kappa shape index (κ2) is 7.15. The van der Waals surface area contributed by atoms with E-state index < -0.39 is 18.1 Å². The standard InChI is InChI=1S/C16H21NO5/c1-11(22-13-8-6-12(21-2)7-9-13)15(18)17-10-4-3-5-14(17)16(19)20/h6-9,11,14H,3-5,10H2,1-2H3,(H,19,20). The molecule has 0 aliphatic carbocycles. The smallest absolute Gasteiger partial charge is 0.326 e. The summed E-state index contributed by atoms with van der Waals surface area (Å²) in [7, 11) is 1.57. The van der Waals surface area contributed by atoms with Gasteiger partial charge < -0.3 is 19.5 Å². The first kappa shape index (κ1) is 16.1. The highest BCUT2D eigenvalue weighted by molar-refractivity contribution is 5.86. The molecule has 0 aromatic heterocycles. The van der Waals surface area contributed by atoms with Crippen LogP contribution < -0.4 is 9.47 Å². The molecule has 0 saturated carbocycles. The van der Waals surface area contributed by atoms with Crippen molar-refractivity contribution >= 4 is 11.9 Å². The van der Waals surface area contributed by atoms with E-state index in [0.717, 1.165) is 12.8 Å². The molecule has 1 aromatic carbocycles. The molecule has 6 nitrogen and oxygen atoms in total. The quantitative estimate of drug-likeness (QED) is 0.899. The van der Waals surface area contributed by atoms with E-state index in [9.17, 15) is 14.7 Å². The van der Waals surface area contributed by atoms with Crippen molar-refractivity contribution in [2.45, 2.75) is 38.3 Å². The maximum Gasteiger partial charge on any atom is 0.326 e. The van der Waals surface area contributed by atoms with Gasteiger partial charge in [0.05, 0.1) is 7.11 Å². The first-order valence-corrected chi connectivity index (χ1v) is 7.37. The number of carbonyl (C=O) groups excluding carboxylic acids is 1. The van der Waals surface area contributed by atoms with Crippen LogP contribution in [-0.2, 0) is 9.59 Å². The van der Waals surface area contributed by atoms with Gasteiger partial charge in [0.25, 0.3) is 5.91 Å². The Labute approximate surface area is 129 Å². The van der Waals surface area contributed by atoms with Gasteiger partial charge in [-0.3, -0.25) is 4.79 Å². The van der Waals surface area contributed by atoms with Crippen LogP contribution in [0.4, 0.5) is 0 Å². The Balaban J connectivity index is 2.02. The number of carboxylic acid groups (broad SMARTS) is 1. The highest BCUT2D eigenvalue weighted by Crippen LogP contribution is 2.21. The molecule has 2 rings (SSSR count). The van der Waals surface area contributed by atoms with Gasteiger partial charge in [0, 0.05) is 6.54 Å². The van der Waals surface area contributed by atoms with Crippen molar-refractivity contribution in [2.24, 2.45) is 0 Å². The van der Waals surface area contributed by atoms with Crippen molar-refractivity contribution in [3.05, 3.63) is 24.3 Å². The number of amides is 1. The summed E-state index contributed by atoms with van der Waals surface area (Å²) in [6.45, 7) is 2.10. The lowest BCUT2D eigenvalue weighted by atomic mass is 10.0. The van der Waals surface area contributed by atoms with Crippen molar-refractivity contribution in [3.8, 4) is 11.5 Å². The highest BCUT2D eigenvalue weighted by atomic mass is 16.5. The van der Waals surface area contributed by atoms with Crippen LogP contribution in [0.1, 0.15) is 26.2 Å². The summed E-state index contributed by atoms with van der Waals surface area (Å²) in [5.74, 6) is 0.00597. The van der Waals surface area contributed by atoms with E-state index in [1.165, 1.54) is 4.90 Å². The Morgan fingerprint density at radius 2 is 1.86 bits per heavy atom. The number of piperidine rings is 1. The molecule has 1 aromatic rings. The summed E-state index contributed by atoms with van der Waals surface area (Å²) >= 11 is 0. The molecule has 1 heterocycles. The van der Waals surface area contributed by atoms with E-state index in [4.69, 9.17) is 9.47 Å². The molecule has 1 fully saturated rings. The zero-order chi connectivity index (χ0) is 16.1. The average molecular weight is 307 g/mol. The minimum absolute atomic E-state index is 0.289. The topological polar surface area (TPSA) is 76.1 Å². The van der Waals surface area contributed by atoms with Crippen molar-refractivity contribution in [1.29, 1.82) is 0 Å². The van der Waals surface area contributed by atoms with E-state index in [2.05, 4.69) is 0 Å². The first-order valence-electron chi connectivity index (χ1n) is 7.37. The molecule has 6 heteroatoms. The van der Waals surface area contributed by atoms with Crippen LogP contribution in [0.5, 0.6) is 11.5 Å².